The molecule has 0 aliphatic heterocycles. The van der Waals surface area contributed by atoms with Crippen molar-refractivity contribution in [1.29, 1.82) is 0 Å². The molecule has 0 saturated heterocycles. The first-order valence-corrected chi connectivity index (χ1v) is 10.7. The van der Waals surface area contributed by atoms with Gasteiger partial charge in [-0.2, -0.15) is 8.78 Å². The van der Waals surface area contributed by atoms with Crippen LogP contribution in [0, 0.1) is 0 Å². The van der Waals surface area contributed by atoms with Crippen molar-refractivity contribution >= 4 is 18.0 Å². The minimum absolute atomic E-state index is 0.0520. The second-order valence-corrected chi connectivity index (χ2v) is 8.34. The number of halogens is 2. The second-order valence-electron chi connectivity index (χ2n) is 8.34. The summed E-state index contributed by atoms with van der Waals surface area (Å²) in [6, 6.07) is 13.5. The average molecular weight is 458 g/mol. The number of rotatable bonds is 8. The highest BCUT2D eigenvalue weighted by Gasteiger charge is 2.49. The summed E-state index contributed by atoms with van der Waals surface area (Å²) in [5.74, 6) is -7.17. The van der Waals surface area contributed by atoms with E-state index in [9.17, 15) is 23.2 Å². The number of carboxylic acid groups (broad SMARTS) is 1. The highest BCUT2D eigenvalue weighted by Crippen LogP contribution is 2.44. The van der Waals surface area contributed by atoms with Gasteiger partial charge in [0.1, 0.15) is 12.6 Å². The molecule has 2 aliphatic rings. The van der Waals surface area contributed by atoms with Crippen LogP contribution < -0.4 is 5.32 Å². The molecule has 7 nitrogen and oxygen atoms in total. The Morgan fingerprint density at radius 3 is 2.15 bits per heavy atom. The summed E-state index contributed by atoms with van der Waals surface area (Å²) in [5, 5.41) is 11.1. The van der Waals surface area contributed by atoms with Gasteiger partial charge in [0.15, 0.2) is 0 Å². The van der Waals surface area contributed by atoms with Crippen LogP contribution in [0.25, 0.3) is 11.1 Å². The van der Waals surface area contributed by atoms with E-state index >= 15 is 0 Å². The van der Waals surface area contributed by atoms with E-state index in [1.165, 1.54) is 6.92 Å². The highest BCUT2D eigenvalue weighted by atomic mass is 19.3. The number of alkyl halides is 2. The number of aliphatic carboxylic acids is 1. The second kappa shape index (κ2) is 8.80. The predicted octanol–water partition coefficient (Wildman–Crippen LogP) is 3.62. The van der Waals surface area contributed by atoms with Gasteiger partial charge in [-0.25, -0.2) is 9.59 Å². The zero-order chi connectivity index (χ0) is 23.8. The zero-order valence-corrected chi connectivity index (χ0v) is 18.0. The first-order valence-electron chi connectivity index (χ1n) is 10.7. The molecule has 1 fully saturated rings. The molecule has 0 radical (unpaired) electrons. The van der Waals surface area contributed by atoms with Crippen molar-refractivity contribution in [3.8, 4) is 11.1 Å². The van der Waals surface area contributed by atoms with E-state index < -0.39 is 42.5 Å². The number of benzene rings is 2. The van der Waals surface area contributed by atoms with E-state index in [1.807, 2.05) is 53.8 Å². The number of hydrogen-bond donors (Lipinski definition) is 2. The first kappa shape index (κ1) is 22.7. The molecule has 1 unspecified atom stereocenters. The normalized spacial score (nSPS) is 15.8. The van der Waals surface area contributed by atoms with Gasteiger partial charge in [0, 0.05) is 12.0 Å². The molecule has 1 atom stereocenters. The Kier molecular flexibility index (Phi) is 6.05. The smallest absolute Gasteiger partial charge is 0.407 e. The van der Waals surface area contributed by atoms with Gasteiger partial charge in [0.25, 0.3) is 5.91 Å². The van der Waals surface area contributed by atoms with Crippen molar-refractivity contribution < 1.29 is 33.0 Å². The van der Waals surface area contributed by atoms with Gasteiger partial charge < -0.3 is 20.1 Å². The van der Waals surface area contributed by atoms with E-state index in [0.29, 0.717) is 17.7 Å². The van der Waals surface area contributed by atoms with E-state index in [1.54, 1.807) is 0 Å². The Hall–Kier alpha value is -3.49. The van der Waals surface area contributed by atoms with Crippen molar-refractivity contribution in [1.82, 2.24) is 10.2 Å². The third-order valence-electron chi connectivity index (χ3n) is 6.06. The van der Waals surface area contributed by atoms with Crippen LogP contribution in [-0.4, -0.2) is 59.1 Å². The van der Waals surface area contributed by atoms with E-state index in [4.69, 9.17) is 9.84 Å². The zero-order valence-electron chi connectivity index (χ0n) is 18.0. The Bertz CT molecular complexity index is 1040. The fourth-order valence-electron chi connectivity index (χ4n) is 4.23. The van der Waals surface area contributed by atoms with Gasteiger partial charge in [-0.05, 0) is 42.0 Å². The number of alkyl carbamates (subject to hydrolysis) is 1. The lowest BCUT2D eigenvalue weighted by Gasteiger charge is -2.30. The molecule has 33 heavy (non-hydrogen) atoms. The average Bonchev–Trinajstić information content (AvgIpc) is 3.58. The molecule has 0 spiro atoms. The topological polar surface area (TPSA) is 95.9 Å². The molecule has 0 bridgehead atoms. The summed E-state index contributed by atoms with van der Waals surface area (Å²) < 4.78 is 34.3. The van der Waals surface area contributed by atoms with Gasteiger partial charge in [-0.15, -0.1) is 0 Å². The Labute approximate surface area is 189 Å². The Morgan fingerprint density at radius 1 is 1.09 bits per heavy atom. The third-order valence-corrected chi connectivity index (χ3v) is 6.06. The maximum Gasteiger partial charge on any atom is 0.407 e. The lowest BCUT2D eigenvalue weighted by molar-refractivity contribution is -0.165. The van der Waals surface area contributed by atoms with Crippen molar-refractivity contribution in [3.05, 3.63) is 59.7 Å². The van der Waals surface area contributed by atoms with Gasteiger partial charge in [-0.1, -0.05) is 48.5 Å². The van der Waals surface area contributed by atoms with E-state index in [0.717, 1.165) is 22.3 Å². The minimum atomic E-state index is -3.96. The number of nitrogens with zero attached hydrogens (tertiary/aromatic N) is 1. The summed E-state index contributed by atoms with van der Waals surface area (Å²) >= 11 is 0. The van der Waals surface area contributed by atoms with Crippen LogP contribution in [-0.2, 0) is 14.3 Å². The predicted molar refractivity (Wildman–Crippen MR) is 115 cm³/mol. The summed E-state index contributed by atoms with van der Waals surface area (Å²) in [7, 11) is 0. The molecule has 174 valence electrons. The standard InChI is InChI=1S/C24H24F2N2O5/c1-14(21(29)30)28(15-10-11-15)22(31)24(25,26)13-27-23(32)33-12-20-18-8-4-2-6-16(18)17-7-3-5-9-19(17)20/h2-9,14-15,20H,10-13H2,1H3,(H,27,32)(H,29,30). The molecule has 2 N–H and O–H groups in total. The SMILES string of the molecule is CC(C(=O)O)N(C(=O)C(F)(F)CNC(=O)OCC1c2ccccc2-c2ccccc21)C1CC1. The Balaban J connectivity index is 1.37. The van der Waals surface area contributed by atoms with E-state index in [-0.39, 0.29) is 12.5 Å². The molecule has 0 heterocycles. The molecule has 9 heteroatoms. The first-order chi connectivity index (χ1) is 15.7. The van der Waals surface area contributed by atoms with Gasteiger partial charge in [-0.3, -0.25) is 4.79 Å². The molecule has 0 aromatic heterocycles. The lowest BCUT2D eigenvalue weighted by atomic mass is 9.98. The summed E-state index contributed by atoms with van der Waals surface area (Å²) in [6.07, 6.45) is -0.132. The van der Waals surface area contributed by atoms with Crippen LogP contribution in [0.15, 0.2) is 48.5 Å². The van der Waals surface area contributed by atoms with Crippen LogP contribution in [0.5, 0.6) is 0 Å². The highest BCUT2D eigenvalue weighted by molar-refractivity contribution is 5.89. The van der Waals surface area contributed by atoms with Gasteiger partial charge in [0.2, 0.25) is 0 Å². The summed E-state index contributed by atoms with van der Waals surface area (Å²) in [5.41, 5.74) is 4.03. The molecule has 2 amide bonds. The summed E-state index contributed by atoms with van der Waals surface area (Å²) in [4.78, 5) is 36.5. The summed E-state index contributed by atoms with van der Waals surface area (Å²) in [6.45, 7) is -0.144. The van der Waals surface area contributed by atoms with Gasteiger partial charge >= 0.3 is 18.0 Å². The molecule has 2 aromatic carbocycles. The number of fused-ring (bicyclic) bond motifs is 3. The molecule has 1 saturated carbocycles. The number of ether oxygens (including phenoxy) is 1. The van der Waals surface area contributed by atoms with E-state index in [2.05, 4.69) is 0 Å². The monoisotopic (exact) mass is 458 g/mol. The van der Waals surface area contributed by atoms with Crippen molar-refractivity contribution in [2.45, 2.75) is 43.7 Å². The fourth-order valence-corrected chi connectivity index (χ4v) is 4.23. The van der Waals surface area contributed by atoms with Crippen LogP contribution in [0.1, 0.15) is 36.8 Å². The molecular weight excluding hydrogens is 434 g/mol. The number of amides is 2. The molecule has 4 rings (SSSR count). The van der Waals surface area contributed by atoms with Crippen LogP contribution in [0.3, 0.4) is 0 Å². The quantitative estimate of drug-likeness (QED) is 0.630. The maximum atomic E-state index is 14.5. The van der Waals surface area contributed by atoms with Crippen LogP contribution in [0.2, 0.25) is 0 Å². The number of carbonyl (C=O) groups is 3. The number of nitrogens with one attached hydrogen (secondary N) is 1. The fraction of sp³-hybridized carbons (Fsp3) is 0.375. The number of hydrogen-bond acceptors (Lipinski definition) is 4. The molecular formula is C24H24F2N2O5. The van der Waals surface area contributed by atoms with Crippen LogP contribution >= 0.6 is 0 Å². The van der Waals surface area contributed by atoms with Crippen molar-refractivity contribution in [2.75, 3.05) is 13.2 Å². The maximum absolute atomic E-state index is 14.5. The van der Waals surface area contributed by atoms with Gasteiger partial charge in [0.05, 0.1) is 6.54 Å². The van der Waals surface area contributed by atoms with Crippen LogP contribution in [0.4, 0.5) is 13.6 Å². The number of carboxylic acids is 1. The number of carbonyl (C=O) groups excluding carboxylic acids is 2. The third kappa shape index (κ3) is 4.53. The van der Waals surface area contributed by atoms with Crippen molar-refractivity contribution in [3.63, 3.8) is 0 Å². The molecule has 2 aliphatic carbocycles. The Morgan fingerprint density at radius 2 is 1.64 bits per heavy atom. The lowest BCUT2D eigenvalue weighted by Crippen LogP contribution is -2.55. The van der Waals surface area contributed by atoms with Crippen molar-refractivity contribution in [2.24, 2.45) is 0 Å². The molecule has 2 aromatic rings. The largest absolute Gasteiger partial charge is 0.480 e. The minimum Gasteiger partial charge on any atom is -0.480 e.